The topological polar surface area (TPSA) is 61.8 Å². The first-order valence-electron chi connectivity index (χ1n) is 9.36. The number of carbonyl (C=O) groups excluding carboxylic acids is 2. The molecule has 158 valence electrons. The summed E-state index contributed by atoms with van der Waals surface area (Å²) in [6.45, 7) is 4.29. The minimum absolute atomic E-state index is 0.114. The highest BCUT2D eigenvalue weighted by Gasteiger charge is 2.67. The van der Waals surface area contributed by atoms with Crippen molar-refractivity contribution in [3.63, 3.8) is 0 Å². The molecule has 2 aromatic rings. The molecular formula is C22H22F3N3O2. The van der Waals surface area contributed by atoms with Gasteiger partial charge in [-0.15, -0.1) is 0 Å². The number of alkyl halides is 3. The van der Waals surface area contributed by atoms with Crippen LogP contribution in [0.15, 0.2) is 65.7 Å². The van der Waals surface area contributed by atoms with Crippen LogP contribution < -0.4 is 5.32 Å². The number of amides is 2. The van der Waals surface area contributed by atoms with E-state index in [2.05, 4.69) is 4.99 Å². The van der Waals surface area contributed by atoms with Crippen LogP contribution in [-0.4, -0.2) is 34.4 Å². The zero-order valence-corrected chi connectivity index (χ0v) is 16.8. The van der Waals surface area contributed by atoms with Crippen molar-refractivity contribution < 1.29 is 22.8 Å². The third-order valence-corrected chi connectivity index (χ3v) is 4.69. The van der Waals surface area contributed by atoms with Crippen LogP contribution in [0.3, 0.4) is 0 Å². The highest BCUT2D eigenvalue weighted by atomic mass is 19.4. The minimum Gasteiger partial charge on any atom is -0.316 e. The van der Waals surface area contributed by atoms with Gasteiger partial charge >= 0.3 is 11.8 Å². The molecule has 1 N–H and O–H groups in total. The smallest absolute Gasteiger partial charge is 0.316 e. The maximum Gasteiger partial charge on any atom is 0.442 e. The number of aliphatic imine (C=N–C) groups is 1. The number of carbonyl (C=O) groups is 2. The Bertz CT molecular complexity index is 967. The van der Waals surface area contributed by atoms with Crippen molar-refractivity contribution in [2.45, 2.75) is 39.2 Å². The van der Waals surface area contributed by atoms with Gasteiger partial charge in [-0.05, 0) is 5.56 Å². The molecule has 0 saturated carbocycles. The van der Waals surface area contributed by atoms with Gasteiger partial charge in [0.05, 0.1) is 6.54 Å². The lowest BCUT2D eigenvalue weighted by atomic mass is 9.94. The maximum absolute atomic E-state index is 14.2. The fourth-order valence-corrected chi connectivity index (χ4v) is 2.97. The summed E-state index contributed by atoms with van der Waals surface area (Å²) < 4.78 is 42.7. The summed E-state index contributed by atoms with van der Waals surface area (Å²) in [7, 11) is 0. The van der Waals surface area contributed by atoms with Crippen LogP contribution in [0.4, 0.5) is 13.2 Å². The van der Waals surface area contributed by atoms with E-state index in [1.165, 1.54) is 20.8 Å². The summed E-state index contributed by atoms with van der Waals surface area (Å²) >= 11 is 0. The molecule has 1 heterocycles. The third-order valence-electron chi connectivity index (χ3n) is 4.69. The summed E-state index contributed by atoms with van der Waals surface area (Å²) in [6, 6.07) is 16.8. The molecule has 0 aliphatic carbocycles. The molecule has 0 saturated heterocycles. The van der Waals surface area contributed by atoms with Gasteiger partial charge in [-0.3, -0.25) is 14.5 Å². The number of rotatable bonds is 4. The molecule has 0 aromatic heterocycles. The molecule has 30 heavy (non-hydrogen) atoms. The number of hydrogen-bond donors (Lipinski definition) is 1. The van der Waals surface area contributed by atoms with Crippen molar-refractivity contribution in [2.75, 3.05) is 0 Å². The molecule has 0 spiro atoms. The van der Waals surface area contributed by atoms with Crippen molar-refractivity contribution in [1.29, 1.82) is 0 Å². The monoisotopic (exact) mass is 417 g/mol. The molecule has 0 radical (unpaired) electrons. The van der Waals surface area contributed by atoms with E-state index >= 15 is 0 Å². The Morgan fingerprint density at radius 1 is 1.00 bits per heavy atom. The van der Waals surface area contributed by atoms with Crippen LogP contribution in [0, 0.1) is 5.41 Å². The lowest BCUT2D eigenvalue weighted by Crippen LogP contribution is -2.64. The molecule has 2 aromatic carbocycles. The van der Waals surface area contributed by atoms with E-state index in [-0.39, 0.29) is 12.4 Å². The minimum atomic E-state index is -5.13. The zero-order chi connectivity index (χ0) is 22.2. The summed E-state index contributed by atoms with van der Waals surface area (Å²) in [5.41, 5.74) is -3.54. The second-order valence-electron chi connectivity index (χ2n) is 8.09. The Morgan fingerprint density at radius 3 is 2.03 bits per heavy atom. The molecule has 1 atom stereocenters. The summed E-state index contributed by atoms with van der Waals surface area (Å²) in [5, 5.41) is 1.89. The zero-order valence-electron chi connectivity index (χ0n) is 16.8. The number of nitrogens with one attached hydrogen (secondary N) is 1. The van der Waals surface area contributed by atoms with Crippen molar-refractivity contribution >= 4 is 17.6 Å². The molecule has 0 fully saturated rings. The summed E-state index contributed by atoms with van der Waals surface area (Å²) in [4.78, 5) is 30.5. The van der Waals surface area contributed by atoms with Crippen molar-refractivity contribution in [1.82, 2.24) is 10.2 Å². The highest BCUT2D eigenvalue weighted by molar-refractivity contribution is 6.16. The number of benzene rings is 2. The number of hydrogen-bond acceptors (Lipinski definition) is 3. The van der Waals surface area contributed by atoms with E-state index in [9.17, 15) is 22.8 Å². The van der Waals surface area contributed by atoms with Crippen molar-refractivity contribution in [3.05, 3.63) is 71.8 Å². The fraction of sp³-hybridized carbons (Fsp3) is 0.318. The van der Waals surface area contributed by atoms with Gasteiger partial charge in [0.15, 0.2) is 0 Å². The largest absolute Gasteiger partial charge is 0.442 e. The van der Waals surface area contributed by atoms with E-state index < -0.39 is 29.1 Å². The van der Waals surface area contributed by atoms with Gasteiger partial charge in [-0.2, -0.15) is 13.2 Å². The quantitative estimate of drug-likeness (QED) is 0.820. The van der Waals surface area contributed by atoms with Gasteiger partial charge in [-0.25, -0.2) is 4.99 Å². The molecule has 1 aliphatic heterocycles. The average molecular weight is 417 g/mol. The fourth-order valence-electron chi connectivity index (χ4n) is 2.97. The Balaban J connectivity index is 2.14. The highest BCUT2D eigenvalue weighted by Crippen LogP contribution is 2.39. The molecule has 1 aliphatic rings. The maximum atomic E-state index is 14.2. The van der Waals surface area contributed by atoms with Gasteiger partial charge in [0, 0.05) is 11.0 Å². The third kappa shape index (κ3) is 3.94. The van der Waals surface area contributed by atoms with E-state index in [4.69, 9.17) is 0 Å². The van der Waals surface area contributed by atoms with E-state index in [1.54, 1.807) is 60.7 Å². The van der Waals surface area contributed by atoms with Gasteiger partial charge in [0.25, 0.3) is 5.91 Å². The van der Waals surface area contributed by atoms with Gasteiger partial charge in [0.1, 0.15) is 5.84 Å². The molecule has 8 heteroatoms. The second-order valence-corrected chi connectivity index (χ2v) is 8.09. The van der Waals surface area contributed by atoms with E-state index in [0.717, 1.165) is 4.90 Å². The molecule has 3 rings (SSSR count). The first-order valence-corrected chi connectivity index (χ1v) is 9.36. The molecule has 0 bridgehead atoms. The first kappa shape index (κ1) is 21.5. The summed E-state index contributed by atoms with van der Waals surface area (Å²) in [6.07, 6.45) is -5.13. The Morgan fingerprint density at radius 2 is 1.53 bits per heavy atom. The van der Waals surface area contributed by atoms with Gasteiger partial charge in [-0.1, -0.05) is 81.4 Å². The molecular weight excluding hydrogens is 395 g/mol. The molecule has 1 unspecified atom stereocenters. The lowest BCUT2D eigenvalue weighted by molar-refractivity contribution is -0.201. The Hall–Kier alpha value is -3.16. The van der Waals surface area contributed by atoms with Gasteiger partial charge in [0.2, 0.25) is 5.91 Å². The average Bonchev–Trinajstić information content (AvgIpc) is 2.96. The van der Waals surface area contributed by atoms with Crippen LogP contribution >= 0.6 is 0 Å². The van der Waals surface area contributed by atoms with Crippen LogP contribution in [-0.2, 0) is 16.1 Å². The summed E-state index contributed by atoms with van der Waals surface area (Å²) in [5.74, 6) is -2.41. The van der Waals surface area contributed by atoms with E-state index in [1.807, 2.05) is 5.32 Å². The van der Waals surface area contributed by atoms with Crippen molar-refractivity contribution in [2.24, 2.45) is 10.4 Å². The van der Waals surface area contributed by atoms with Crippen LogP contribution in [0.2, 0.25) is 0 Å². The number of nitrogens with zero attached hydrogens (tertiary/aromatic N) is 2. The molecule has 5 nitrogen and oxygen atoms in total. The Labute approximate surface area is 172 Å². The van der Waals surface area contributed by atoms with Crippen LogP contribution in [0.1, 0.15) is 31.9 Å². The van der Waals surface area contributed by atoms with Gasteiger partial charge < -0.3 is 5.32 Å². The van der Waals surface area contributed by atoms with Crippen molar-refractivity contribution in [3.8, 4) is 0 Å². The predicted octanol–water partition coefficient (Wildman–Crippen LogP) is 3.90. The SMILES string of the molecule is CC(C)(C)C(=O)NC1(C(F)(F)F)N=C(c2ccccc2)N(Cc2ccccc2)C1=O. The van der Waals surface area contributed by atoms with Crippen LogP contribution in [0.5, 0.6) is 0 Å². The van der Waals surface area contributed by atoms with E-state index in [0.29, 0.717) is 11.1 Å². The molecule has 2 amide bonds. The first-order chi connectivity index (χ1) is 14.0. The van der Waals surface area contributed by atoms with Crippen LogP contribution in [0.25, 0.3) is 0 Å². The predicted molar refractivity (Wildman–Crippen MR) is 106 cm³/mol. The normalized spacial score (nSPS) is 19.6. The number of amidine groups is 1. The lowest BCUT2D eigenvalue weighted by Gasteiger charge is -2.31. The number of halogens is 3. The standard InChI is InChI=1S/C22H22F3N3O2/c1-20(2,3)18(29)27-21(22(23,24)25)19(30)28(14-15-10-6-4-7-11-15)17(26-21)16-12-8-5-9-13-16/h4-13H,14H2,1-3H3,(H,27,29). The Kier molecular flexibility index (Phi) is 5.45. The second kappa shape index (κ2) is 7.59.